The Morgan fingerprint density at radius 3 is 2.72 bits per heavy atom. The van der Waals surface area contributed by atoms with E-state index in [2.05, 4.69) is 57.8 Å². The summed E-state index contributed by atoms with van der Waals surface area (Å²) in [5, 5.41) is 3.34. The molecule has 0 spiro atoms. The van der Waals surface area contributed by atoms with Crippen molar-refractivity contribution in [2.45, 2.75) is 19.8 Å². The fourth-order valence-electron chi connectivity index (χ4n) is 3.58. The van der Waals surface area contributed by atoms with E-state index in [1.54, 1.807) is 6.20 Å². The predicted octanol–water partition coefficient (Wildman–Crippen LogP) is 4.47. The standard InChI is InChI=1S/C23H26N6/c1-17-11-13-24-16-19(17)20-9-10-21-23(27-20)29(15-7-6-14-28(21)3)18(2)26-22-8-4-5-12-25-22/h4-5,8-13,16H,2,6-7,14-15H2,1,3H3,(H,25,26). The number of hydrogen-bond donors (Lipinski definition) is 1. The molecule has 29 heavy (non-hydrogen) atoms. The van der Waals surface area contributed by atoms with Crippen molar-refractivity contribution in [3.63, 3.8) is 0 Å². The molecule has 1 aliphatic rings. The second kappa shape index (κ2) is 8.31. The van der Waals surface area contributed by atoms with Gasteiger partial charge < -0.3 is 15.1 Å². The van der Waals surface area contributed by atoms with Gasteiger partial charge in [-0.25, -0.2) is 9.97 Å². The van der Waals surface area contributed by atoms with Gasteiger partial charge in [0.05, 0.1) is 11.4 Å². The Morgan fingerprint density at radius 2 is 1.93 bits per heavy atom. The summed E-state index contributed by atoms with van der Waals surface area (Å²) in [6.07, 6.45) is 7.64. The van der Waals surface area contributed by atoms with Crippen LogP contribution in [0.15, 0.2) is 67.4 Å². The van der Waals surface area contributed by atoms with E-state index in [9.17, 15) is 0 Å². The van der Waals surface area contributed by atoms with Crippen LogP contribution in [0.5, 0.6) is 0 Å². The number of nitrogens with one attached hydrogen (secondary N) is 1. The monoisotopic (exact) mass is 386 g/mol. The minimum atomic E-state index is 0.771. The number of nitrogens with zero attached hydrogens (tertiary/aromatic N) is 5. The van der Waals surface area contributed by atoms with Crippen LogP contribution in [0.1, 0.15) is 18.4 Å². The van der Waals surface area contributed by atoms with Crippen molar-refractivity contribution in [3.05, 3.63) is 73.0 Å². The molecule has 0 unspecified atom stereocenters. The highest BCUT2D eigenvalue weighted by Gasteiger charge is 2.22. The molecule has 148 valence electrons. The van der Waals surface area contributed by atoms with Gasteiger partial charge in [-0.15, -0.1) is 0 Å². The summed E-state index contributed by atoms with van der Waals surface area (Å²) in [5.41, 5.74) is 4.21. The fourth-order valence-corrected chi connectivity index (χ4v) is 3.58. The summed E-state index contributed by atoms with van der Waals surface area (Å²) in [6, 6.07) is 12.0. The van der Waals surface area contributed by atoms with Crippen molar-refractivity contribution in [1.29, 1.82) is 0 Å². The second-order valence-corrected chi connectivity index (χ2v) is 7.30. The largest absolute Gasteiger partial charge is 0.372 e. The highest BCUT2D eigenvalue weighted by atomic mass is 15.3. The van der Waals surface area contributed by atoms with E-state index in [1.807, 2.05) is 36.7 Å². The first-order chi connectivity index (χ1) is 14.1. The molecule has 1 aliphatic heterocycles. The molecule has 3 aromatic heterocycles. The zero-order valence-electron chi connectivity index (χ0n) is 17.0. The van der Waals surface area contributed by atoms with E-state index < -0.39 is 0 Å². The van der Waals surface area contributed by atoms with Gasteiger partial charge in [0, 0.05) is 44.3 Å². The van der Waals surface area contributed by atoms with Gasteiger partial charge in [-0.05, 0) is 55.7 Å². The highest BCUT2D eigenvalue weighted by molar-refractivity contribution is 5.75. The van der Waals surface area contributed by atoms with Crippen molar-refractivity contribution < 1.29 is 0 Å². The summed E-state index contributed by atoms with van der Waals surface area (Å²) >= 11 is 0. The lowest BCUT2D eigenvalue weighted by Gasteiger charge is -2.33. The van der Waals surface area contributed by atoms with Crippen LogP contribution in [0.3, 0.4) is 0 Å². The molecular weight excluding hydrogens is 360 g/mol. The molecule has 6 heteroatoms. The van der Waals surface area contributed by atoms with Crippen molar-refractivity contribution in [1.82, 2.24) is 15.0 Å². The van der Waals surface area contributed by atoms with Gasteiger partial charge in [-0.1, -0.05) is 12.6 Å². The average molecular weight is 387 g/mol. The Morgan fingerprint density at radius 1 is 1.07 bits per heavy atom. The molecule has 0 saturated heterocycles. The summed E-state index contributed by atoms with van der Waals surface area (Å²) in [4.78, 5) is 18.1. The van der Waals surface area contributed by atoms with E-state index >= 15 is 0 Å². The lowest BCUT2D eigenvalue weighted by molar-refractivity contribution is 0.688. The number of pyridine rings is 3. The molecule has 0 bridgehead atoms. The van der Waals surface area contributed by atoms with Gasteiger partial charge >= 0.3 is 0 Å². The maximum atomic E-state index is 5.06. The van der Waals surface area contributed by atoms with E-state index in [0.29, 0.717) is 0 Å². The molecular formula is C23H26N6. The van der Waals surface area contributed by atoms with Gasteiger partial charge in [0.2, 0.25) is 0 Å². The third-order valence-electron chi connectivity index (χ3n) is 5.22. The number of aryl methyl sites for hydroxylation is 1. The van der Waals surface area contributed by atoms with Crippen molar-refractivity contribution >= 4 is 17.3 Å². The Kier molecular flexibility index (Phi) is 5.42. The first-order valence-electron chi connectivity index (χ1n) is 9.91. The molecule has 0 fully saturated rings. The van der Waals surface area contributed by atoms with E-state index in [4.69, 9.17) is 4.98 Å². The normalized spacial score (nSPS) is 14.0. The molecule has 0 radical (unpaired) electrons. The zero-order chi connectivity index (χ0) is 20.2. The van der Waals surface area contributed by atoms with Crippen molar-refractivity contribution in [2.75, 3.05) is 35.3 Å². The predicted molar refractivity (Wildman–Crippen MR) is 119 cm³/mol. The number of rotatable bonds is 4. The van der Waals surface area contributed by atoms with Crippen LogP contribution in [0, 0.1) is 6.92 Å². The minimum absolute atomic E-state index is 0.771. The number of hydrogen-bond acceptors (Lipinski definition) is 6. The van der Waals surface area contributed by atoms with Crippen LogP contribution in [0.4, 0.5) is 17.3 Å². The molecule has 4 heterocycles. The lowest BCUT2D eigenvalue weighted by atomic mass is 10.1. The molecule has 0 amide bonds. The smallest absolute Gasteiger partial charge is 0.158 e. The second-order valence-electron chi connectivity index (χ2n) is 7.30. The van der Waals surface area contributed by atoms with Gasteiger partial charge in [-0.2, -0.15) is 0 Å². The Hall–Kier alpha value is -3.41. The quantitative estimate of drug-likeness (QED) is 0.714. The number of anilines is 3. The summed E-state index contributed by atoms with van der Waals surface area (Å²) in [7, 11) is 2.12. The SMILES string of the molecule is C=C(Nc1ccccn1)N1CCCCN(C)c2ccc(-c3cnccc3C)nc21. The maximum Gasteiger partial charge on any atom is 0.158 e. The van der Waals surface area contributed by atoms with Crippen LogP contribution in [-0.4, -0.2) is 35.1 Å². The average Bonchev–Trinajstić information content (AvgIpc) is 2.73. The molecule has 0 atom stereocenters. The zero-order valence-corrected chi connectivity index (χ0v) is 17.0. The van der Waals surface area contributed by atoms with Crippen LogP contribution < -0.4 is 15.1 Å². The van der Waals surface area contributed by atoms with Crippen LogP contribution in [0.25, 0.3) is 11.3 Å². The molecule has 0 aliphatic carbocycles. The number of fused-ring (bicyclic) bond motifs is 1. The minimum Gasteiger partial charge on any atom is -0.372 e. The molecule has 4 rings (SSSR count). The molecule has 3 aromatic rings. The molecule has 1 N–H and O–H groups in total. The van der Waals surface area contributed by atoms with E-state index in [1.165, 1.54) is 0 Å². The third kappa shape index (κ3) is 4.06. The van der Waals surface area contributed by atoms with Gasteiger partial charge in [-0.3, -0.25) is 4.98 Å². The van der Waals surface area contributed by atoms with Crippen LogP contribution in [0.2, 0.25) is 0 Å². The summed E-state index contributed by atoms with van der Waals surface area (Å²) < 4.78 is 0. The molecule has 0 aromatic carbocycles. The maximum absolute atomic E-state index is 5.06. The summed E-state index contributed by atoms with van der Waals surface area (Å²) in [6.45, 7) is 8.24. The topological polar surface area (TPSA) is 57.2 Å². The Balaban J connectivity index is 1.75. The fraction of sp³-hybridized carbons (Fsp3) is 0.261. The van der Waals surface area contributed by atoms with Crippen LogP contribution >= 0.6 is 0 Å². The third-order valence-corrected chi connectivity index (χ3v) is 5.22. The van der Waals surface area contributed by atoms with E-state index in [0.717, 1.165) is 65.9 Å². The summed E-state index contributed by atoms with van der Waals surface area (Å²) in [5.74, 6) is 2.45. The number of aromatic nitrogens is 3. The van der Waals surface area contributed by atoms with Crippen LogP contribution in [-0.2, 0) is 0 Å². The van der Waals surface area contributed by atoms with Crippen molar-refractivity contribution in [2.24, 2.45) is 0 Å². The van der Waals surface area contributed by atoms with Crippen molar-refractivity contribution in [3.8, 4) is 11.3 Å². The van der Waals surface area contributed by atoms with Gasteiger partial charge in [0.1, 0.15) is 11.6 Å². The van der Waals surface area contributed by atoms with Gasteiger partial charge in [0.25, 0.3) is 0 Å². The molecule has 6 nitrogen and oxygen atoms in total. The Labute approximate surface area is 171 Å². The van der Waals surface area contributed by atoms with E-state index in [-0.39, 0.29) is 0 Å². The highest BCUT2D eigenvalue weighted by Crippen LogP contribution is 2.34. The first kappa shape index (κ1) is 18.9. The Bertz CT molecular complexity index is 1000. The molecule has 0 saturated carbocycles. The van der Waals surface area contributed by atoms with Gasteiger partial charge in [0.15, 0.2) is 5.82 Å². The lowest BCUT2D eigenvalue weighted by Crippen LogP contribution is -2.33. The first-order valence-corrected chi connectivity index (χ1v) is 9.91.